The molecule has 0 aliphatic heterocycles. The van der Waals surface area contributed by atoms with E-state index >= 15 is 0 Å². The van der Waals surface area contributed by atoms with E-state index < -0.39 is 40.7 Å². The predicted molar refractivity (Wildman–Crippen MR) is 155 cm³/mol. The molecule has 1 aliphatic rings. The van der Waals surface area contributed by atoms with Gasteiger partial charge in [0.2, 0.25) is 0 Å². The summed E-state index contributed by atoms with van der Waals surface area (Å²) in [5.41, 5.74) is 1.51. The average Bonchev–Trinajstić information content (AvgIpc) is 3.00. The molecule has 8 heteroatoms. The third kappa shape index (κ3) is 7.23. The highest BCUT2D eigenvalue weighted by Gasteiger charge is 2.35. The number of unbranched alkanes of at least 4 members (excludes halogenated alkanes) is 2. The van der Waals surface area contributed by atoms with Gasteiger partial charge in [0.1, 0.15) is 11.6 Å². The lowest BCUT2D eigenvalue weighted by Crippen LogP contribution is -2.21. The molecule has 0 unspecified atom stereocenters. The Morgan fingerprint density at radius 2 is 1.47 bits per heavy atom. The van der Waals surface area contributed by atoms with E-state index in [0.717, 1.165) is 30.9 Å². The van der Waals surface area contributed by atoms with E-state index in [-0.39, 0.29) is 11.1 Å². The standard InChI is InChI=1S/C35H33F6NO/c1-2-3-4-5-22-6-8-23(9-7-22)25-12-17-33(42-21-25)24-10-13-27(14-11-24)35(40,41)43-28-15-16-29(30(36)20-28)26-18-31(37)34(39)32(38)19-26/h10-23H,2-9H2,1H3. The number of alkyl halides is 2. The summed E-state index contributed by atoms with van der Waals surface area (Å²) in [5, 5.41) is 0. The van der Waals surface area contributed by atoms with Crippen LogP contribution in [-0.2, 0) is 6.11 Å². The summed E-state index contributed by atoms with van der Waals surface area (Å²) in [7, 11) is 0. The molecule has 0 atom stereocenters. The average molecular weight is 598 g/mol. The lowest BCUT2D eigenvalue weighted by molar-refractivity contribution is -0.185. The predicted octanol–water partition coefficient (Wildman–Crippen LogP) is 11.0. The first kappa shape index (κ1) is 30.6. The van der Waals surface area contributed by atoms with Crippen LogP contribution in [0.1, 0.15) is 75.3 Å². The quantitative estimate of drug-likeness (QED) is 0.103. The Kier molecular flexibility index (Phi) is 9.43. The Morgan fingerprint density at radius 1 is 0.767 bits per heavy atom. The number of ether oxygens (including phenoxy) is 1. The normalized spacial score (nSPS) is 17.2. The van der Waals surface area contributed by atoms with E-state index in [0.29, 0.717) is 35.4 Å². The van der Waals surface area contributed by atoms with E-state index in [2.05, 4.69) is 18.0 Å². The van der Waals surface area contributed by atoms with E-state index in [1.807, 2.05) is 12.3 Å². The van der Waals surface area contributed by atoms with Crippen LogP contribution in [0.15, 0.2) is 72.9 Å². The SMILES string of the molecule is CCCCCC1CCC(c2ccc(-c3ccc(C(F)(F)Oc4ccc(-c5cc(F)c(F)c(F)c5)c(F)c4)cc3)nc2)CC1. The summed E-state index contributed by atoms with van der Waals surface area (Å²) in [5.74, 6) is -4.91. The summed E-state index contributed by atoms with van der Waals surface area (Å²) in [4.78, 5) is 4.59. The van der Waals surface area contributed by atoms with Crippen LogP contribution in [0.3, 0.4) is 0 Å². The van der Waals surface area contributed by atoms with Crippen LogP contribution in [0.2, 0.25) is 0 Å². The van der Waals surface area contributed by atoms with Crippen LogP contribution >= 0.6 is 0 Å². The van der Waals surface area contributed by atoms with Crippen molar-refractivity contribution in [2.24, 2.45) is 5.92 Å². The van der Waals surface area contributed by atoms with Crippen molar-refractivity contribution >= 4 is 0 Å². The summed E-state index contributed by atoms with van der Waals surface area (Å²) in [6.45, 7) is 2.23. The summed E-state index contributed by atoms with van der Waals surface area (Å²) in [6, 6.07) is 13.5. The molecule has 3 aromatic carbocycles. The first-order valence-electron chi connectivity index (χ1n) is 14.7. The van der Waals surface area contributed by atoms with Gasteiger partial charge in [-0.25, -0.2) is 17.6 Å². The maximum Gasteiger partial charge on any atom is 0.426 e. The minimum absolute atomic E-state index is 0.283. The molecule has 0 saturated heterocycles. The fourth-order valence-electron chi connectivity index (χ4n) is 5.83. The molecule has 1 aromatic heterocycles. The molecule has 2 nitrogen and oxygen atoms in total. The van der Waals surface area contributed by atoms with Crippen molar-refractivity contribution in [3.8, 4) is 28.1 Å². The number of hydrogen-bond donors (Lipinski definition) is 0. The first-order chi connectivity index (χ1) is 20.6. The Hall–Kier alpha value is -3.81. The molecule has 0 radical (unpaired) electrons. The second-order valence-corrected chi connectivity index (χ2v) is 11.3. The highest BCUT2D eigenvalue weighted by molar-refractivity contribution is 5.65. The van der Waals surface area contributed by atoms with Gasteiger partial charge in [0.05, 0.1) is 11.3 Å². The zero-order valence-electron chi connectivity index (χ0n) is 23.9. The van der Waals surface area contributed by atoms with Crippen LogP contribution in [0.4, 0.5) is 26.3 Å². The lowest BCUT2D eigenvalue weighted by Gasteiger charge is -2.28. The minimum atomic E-state index is -3.80. The fourth-order valence-corrected chi connectivity index (χ4v) is 5.83. The minimum Gasteiger partial charge on any atom is -0.429 e. The molecule has 1 heterocycles. The number of rotatable bonds is 10. The molecule has 0 spiro atoms. The smallest absolute Gasteiger partial charge is 0.426 e. The van der Waals surface area contributed by atoms with Crippen LogP contribution in [0.25, 0.3) is 22.4 Å². The second kappa shape index (κ2) is 13.2. The van der Waals surface area contributed by atoms with Crippen molar-refractivity contribution in [1.82, 2.24) is 4.98 Å². The van der Waals surface area contributed by atoms with Crippen molar-refractivity contribution in [3.63, 3.8) is 0 Å². The Labute approximate surface area is 247 Å². The highest BCUT2D eigenvalue weighted by atomic mass is 19.3. The van der Waals surface area contributed by atoms with Gasteiger partial charge in [0, 0.05) is 23.4 Å². The summed E-state index contributed by atoms with van der Waals surface area (Å²) < 4.78 is 89.7. The first-order valence-corrected chi connectivity index (χ1v) is 14.7. The molecule has 1 aliphatic carbocycles. The highest BCUT2D eigenvalue weighted by Crippen LogP contribution is 2.39. The zero-order valence-corrected chi connectivity index (χ0v) is 23.9. The zero-order chi connectivity index (χ0) is 30.6. The van der Waals surface area contributed by atoms with Crippen molar-refractivity contribution in [1.29, 1.82) is 0 Å². The molecule has 226 valence electrons. The molecular formula is C35H33F6NO. The molecule has 43 heavy (non-hydrogen) atoms. The van der Waals surface area contributed by atoms with Crippen LogP contribution in [0.5, 0.6) is 5.75 Å². The maximum atomic E-state index is 15.0. The van der Waals surface area contributed by atoms with E-state index in [4.69, 9.17) is 4.74 Å². The maximum absolute atomic E-state index is 15.0. The number of benzene rings is 3. The fraction of sp³-hybridized carbons (Fsp3) is 0.343. The van der Waals surface area contributed by atoms with Crippen molar-refractivity contribution < 1.29 is 31.1 Å². The van der Waals surface area contributed by atoms with Gasteiger partial charge in [-0.15, -0.1) is 0 Å². The molecular weight excluding hydrogens is 564 g/mol. The van der Waals surface area contributed by atoms with Crippen LogP contribution in [-0.4, -0.2) is 4.98 Å². The summed E-state index contributed by atoms with van der Waals surface area (Å²) >= 11 is 0. The van der Waals surface area contributed by atoms with Gasteiger partial charge >= 0.3 is 6.11 Å². The van der Waals surface area contributed by atoms with Gasteiger partial charge in [0.15, 0.2) is 17.5 Å². The lowest BCUT2D eigenvalue weighted by atomic mass is 9.77. The van der Waals surface area contributed by atoms with Gasteiger partial charge in [-0.05, 0) is 91.1 Å². The van der Waals surface area contributed by atoms with E-state index in [1.165, 1.54) is 68.4 Å². The van der Waals surface area contributed by atoms with Crippen molar-refractivity contribution in [3.05, 3.63) is 107 Å². The van der Waals surface area contributed by atoms with Gasteiger partial charge in [-0.3, -0.25) is 4.98 Å². The van der Waals surface area contributed by atoms with E-state index in [1.54, 1.807) is 0 Å². The molecule has 1 saturated carbocycles. The third-order valence-corrected chi connectivity index (χ3v) is 8.32. The molecule has 0 amide bonds. The third-order valence-electron chi connectivity index (χ3n) is 8.32. The molecule has 0 bridgehead atoms. The van der Waals surface area contributed by atoms with Gasteiger partial charge in [0.25, 0.3) is 0 Å². The topological polar surface area (TPSA) is 22.1 Å². The molecule has 1 fully saturated rings. The molecule has 5 rings (SSSR count). The van der Waals surface area contributed by atoms with Crippen LogP contribution < -0.4 is 4.74 Å². The largest absolute Gasteiger partial charge is 0.429 e. The molecule has 4 aromatic rings. The van der Waals surface area contributed by atoms with Crippen molar-refractivity contribution in [2.75, 3.05) is 0 Å². The monoisotopic (exact) mass is 597 g/mol. The number of hydrogen-bond acceptors (Lipinski definition) is 2. The Morgan fingerprint density at radius 3 is 2.07 bits per heavy atom. The summed E-state index contributed by atoms with van der Waals surface area (Å²) in [6.07, 6.45) is 8.10. The number of pyridine rings is 1. The Balaban J connectivity index is 1.21. The number of aromatic nitrogens is 1. The van der Waals surface area contributed by atoms with Gasteiger partial charge in [-0.2, -0.15) is 8.78 Å². The molecule has 0 N–H and O–H groups in total. The Bertz CT molecular complexity index is 1510. The van der Waals surface area contributed by atoms with E-state index in [9.17, 15) is 26.3 Å². The van der Waals surface area contributed by atoms with Crippen molar-refractivity contribution in [2.45, 2.75) is 70.3 Å². The second-order valence-electron chi connectivity index (χ2n) is 11.3. The van der Waals surface area contributed by atoms with Gasteiger partial charge in [-0.1, -0.05) is 50.8 Å². The van der Waals surface area contributed by atoms with Crippen LogP contribution in [0, 0.1) is 29.2 Å². The number of nitrogens with zero attached hydrogens (tertiary/aromatic N) is 1. The number of halogens is 6. The van der Waals surface area contributed by atoms with Gasteiger partial charge < -0.3 is 4.74 Å².